The van der Waals surface area contributed by atoms with Crippen LogP contribution in [0.4, 0.5) is 5.82 Å². The van der Waals surface area contributed by atoms with Crippen molar-refractivity contribution in [2.24, 2.45) is 0 Å². The first-order valence-electron chi connectivity index (χ1n) is 4.21. The molecule has 3 N–H and O–H groups in total. The van der Waals surface area contributed by atoms with Crippen molar-refractivity contribution in [3.8, 4) is 0 Å². The highest BCUT2D eigenvalue weighted by Crippen LogP contribution is 2.24. The van der Waals surface area contributed by atoms with Crippen LogP contribution < -0.4 is 11.1 Å². The molecule has 70 valence electrons. The topological polar surface area (TPSA) is 68.0 Å². The fourth-order valence-corrected chi connectivity index (χ4v) is 2.21. The van der Waals surface area contributed by atoms with Crippen LogP contribution in [0.3, 0.4) is 0 Å². The lowest BCUT2D eigenvalue weighted by Crippen LogP contribution is -2.31. The molecule has 0 amide bonds. The van der Waals surface area contributed by atoms with Gasteiger partial charge in [0.05, 0.1) is 6.04 Å². The summed E-state index contributed by atoms with van der Waals surface area (Å²) in [6, 6.07) is 0.0866. The van der Waals surface area contributed by atoms with Crippen LogP contribution in [-0.2, 0) is 4.79 Å². The third-order valence-electron chi connectivity index (χ3n) is 2.06. The molecule has 1 aromatic rings. The van der Waals surface area contributed by atoms with E-state index >= 15 is 0 Å². The average Bonchev–Trinajstić information content (AvgIpc) is 2.52. The van der Waals surface area contributed by atoms with Gasteiger partial charge < -0.3 is 11.1 Å². The molecule has 0 saturated carbocycles. The number of nitrogen functional groups attached to an aromatic ring is 1. The quantitative estimate of drug-likeness (QED) is 0.696. The monoisotopic (exact) mass is 197 g/mol. The van der Waals surface area contributed by atoms with Gasteiger partial charge >= 0.3 is 0 Å². The fraction of sp³-hybridized carbons (Fsp3) is 0.500. The van der Waals surface area contributed by atoms with E-state index in [1.165, 1.54) is 11.3 Å². The molecule has 1 saturated heterocycles. The molecule has 2 heterocycles. The number of hydrogen-bond donors (Lipinski definition) is 2. The number of hydrogen-bond acceptors (Lipinski definition) is 5. The van der Waals surface area contributed by atoms with E-state index in [-0.39, 0.29) is 6.04 Å². The van der Waals surface area contributed by atoms with Crippen molar-refractivity contribution < 1.29 is 4.79 Å². The van der Waals surface area contributed by atoms with Crippen molar-refractivity contribution in [2.75, 3.05) is 12.3 Å². The Morgan fingerprint density at radius 2 is 2.54 bits per heavy atom. The van der Waals surface area contributed by atoms with Gasteiger partial charge in [-0.15, -0.1) is 11.3 Å². The molecule has 1 aromatic heterocycles. The lowest BCUT2D eigenvalue weighted by atomic mass is 10.0. The number of nitrogens with one attached hydrogen (secondary N) is 1. The number of rotatable bonds is 1. The molecule has 5 heteroatoms. The van der Waals surface area contributed by atoms with Crippen LogP contribution in [0.5, 0.6) is 0 Å². The molecule has 0 radical (unpaired) electrons. The van der Waals surface area contributed by atoms with Gasteiger partial charge in [-0.25, -0.2) is 4.98 Å². The molecule has 1 unspecified atom stereocenters. The van der Waals surface area contributed by atoms with Gasteiger partial charge in [0.1, 0.15) is 16.6 Å². The molecule has 1 fully saturated rings. The van der Waals surface area contributed by atoms with Crippen LogP contribution in [-0.4, -0.2) is 17.3 Å². The molecule has 4 nitrogen and oxygen atoms in total. The molecule has 0 aliphatic carbocycles. The normalized spacial score (nSPS) is 23.4. The summed E-state index contributed by atoms with van der Waals surface area (Å²) in [6.07, 6.45) is 1.18. The Balaban J connectivity index is 2.12. The van der Waals surface area contributed by atoms with Gasteiger partial charge in [-0.05, 0) is 0 Å². The predicted octanol–water partition coefficient (Wildman–Crippen LogP) is 0.719. The van der Waals surface area contributed by atoms with E-state index < -0.39 is 0 Å². The van der Waals surface area contributed by atoms with Gasteiger partial charge in [0.25, 0.3) is 0 Å². The van der Waals surface area contributed by atoms with Gasteiger partial charge in [-0.3, -0.25) is 4.79 Å². The maximum Gasteiger partial charge on any atom is 0.136 e. The summed E-state index contributed by atoms with van der Waals surface area (Å²) in [7, 11) is 0. The van der Waals surface area contributed by atoms with E-state index in [0.29, 0.717) is 24.4 Å². The van der Waals surface area contributed by atoms with E-state index in [2.05, 4.69) is 10.3 Å². The van der Waals surface area contributed by atoms with Crippen LogP contribution in [0.15, 0.2) is 5.38 Å². The molecular weight excluding hydrogens is 186 g/mol. The number of carbonyl (C=O) groups is 1. The first-order valence-corrected chi connectivity index (χ1v) is 5.09. The molecule has 1 atom stereocenters. The number of thiazole rings is 1. The van der Waals surface area contributed by atoms with E-state index in [4.69, 9.17) is 5.73 Å². The van der Waals surface area contributed by atoms with Crippen molar-refractivity contribution in [2.45, 2.75) is 18.9 Å². The molecule has 13 heavy (non-hydrogen) atoms. The fourth-order valence-electron chi connectivity index (χ4n) is 1.42. The minimum atomic E-state index is 0.0866. The second-order valence-corrected chi connectivity index (χ2v) is 4.00. The van der Waals surface area contributed by atoms with E-state index in [9.17, 15) is 4.79 Å². The van der Waals surface area contributed by atoms with Crippen molar-refractivity contribution in [1.29, 1.82) is 0 Å². The number of piperidine rings is 1. The Hall–Kier alpha value is -0.940. The largest absolute Gasteiger partial charge is 0.383 e. The third-order valence-corrected chi connectivity index (χ3v) is 3.04. The van der Waals surface area contributed by atoms with Crippen molar-refractivity contribution >= 4 is 22.9 Å². The van der Waals surface area contributed by atoms with E-state index in [1.807, 2.05) is 0 Å². The molecule has 0 aromatic carbocycles. The summed E-state index contributed by atoms with van der Waals surface area (Å²) in [6.45, 7) is 0.753. The number of aromatic nitrogens is 1. The summed E-state index contributed by atoms with van der Waals surface area (Å²) >= 11 is 1.51. The lowest BCUT2D eigenvalue weighted by molar-refractivity contribution is -0.120. The summed E-state index contributed by atoms with van der Waals surface area (Å²) in [4.78, 5) is 15.3. The number of nitrogens with two attached hydrogens (primary N) is 1. The molecule has 2 rings (SSSR count). The number of nitrogens with zero attached hydrogens (tertiary/aromatic N) is 1. The van der Waals surface area contributed by atoms with Gasteiger partial charge in [-0.1, -0.05) is 0 Å². The van der Waals surface area contributed by atoms with Gasteiger partial charge in [0, 0.05) is 24.8 Å². The SMILES string of the molecule is Nc1csc(C2CC(=O)CCN2)n1. The minimum absolute atomic E-state index is 0.0866. The highest BCUT2D eigenvalue weighted by Gasteiger charge is 2.22. The van der Waals surface area contributed by atoms with Gasteiger partial charge in [0.15, 0.2) is 0 Å². The average molecular weight is 197 g/mol. The number of anilines is 1. The smallest absolute Gasteiger partial charge is 0.136 e. The van der Waals surface area contributed by atoms with Gasteiger partial charge in [-0.2, -0.15) is 0 Å². The Kier molecular flexibility index (Phi) is 2.28. The second-order valence-electron chi connectivity index (χ2n) is 3.11. The minimum Gasteiger partial charge on any atom is -0.383 e. The van der Waals surface area contributed by atoms with Crippen LogP contribution in [0.1, 0.15) is 23.9 Å². The maximum absolute atomic E-state index is 11.2. The number of ketones is 1. The van der Waals surface area contributed by atoms with Crippen LogP contribution >= 0.6 is 11.3 Å². The van der Waals surface area contributed by atoms with Crippen LogP contribution in [0.25, 0.3) is 0 Å². The van der Waals surface area contributed by atoms with Crippen LogP contribution in [0.2, 0.25) is 0 Å². The predicted molar refractivity (Wildman–Crippen MR) is 51.5 cm³/mol. The maximum atomic E-state index is 11.2. The zero-order chi connectivity index (χ0) is 9.26. The summed E-state index contributed by atoms with van der Waals surface area (Å²) < 4.78 is 0. The Morgan fingerprint density at radius 3 is 3.15 bits per heavy atom. The van der Waals surface area contributed by atoms with Gasteiger partial charge in [0.2, 0.25) is 0 Å². The van der Waals surface area contributed by atoms with E-state index in [1.54, 1.807) is 5.38 Å². The zero-order valence-electron chi connectivity index (χ0n) is 7.12. The van der Waals surface area contributed by atoms with Crippen molar-refractivity contribution in [3.05, 3.63) is 10.4 Å². The lowest BCUT2D eigenvalue weighted by Gasteiger charge is -2.20. The molecular formula is C8H11N3OS. The standard InChI is InChI=1S/C8H11N3OS/c9-7-4-13-8(11-7)6-3-5(12)1-2-10-6/h4,6,10H,1-3,9H2. The summed E-state index contributed by atoms with van der Waals surface area (Å²) in [5, 5.41) is 5.97. The Bertz CT molecular complexity index is 323. The van der Waals surface area contributed by atoms with Crippen molar-refractivity contribution in [1.82, 2.24) is 10.3 Å². The Labute approximate surface area is 80.2 Å². The third kappa shape index (κ3) is 1.87. The van der Waals surface area contributed by atoms with Crippen molar-refractivity contribution in [3.63, 3.8) is 0 Å². The molecule has 0 spiro atoms. The molecule has 0 bridgehead atoms. The Morgan fingerprint density at radius 1 is 1.69 bits per heavy atom. The first-order chi connectivity index (χ1) is 6.25. The molecule has 1 aliphatic rings. The highest BCUT2D eigenvalue weighted by molar-refractivity contribution is 7.10. The number of carbonyl (C=O) groups excluding carboxylic acids is 1. The summed E-state index contributed by atoms with van der Waals surface area (Å²) in [5.41, 5.74) is 5.51. The first kappa shape index (κ1) is 8.65. The second kappa shape index (κ2) is 3.43. The highest BCUT2D eigenvalue weighted by atomic mass is 32.1. The van der Waals surface area contributed by atoms with E-state index in [0.717, 1.165) is 11.6 Å². The van der Waals surface area contributed by atoms with Crippen LogP contribution in [0, 0.1) is 0 Å². The summed E-state index contributed by atoms with van der Waals surface area (Å²) in [5.74, 6) is 0.845. The number of Topliss-reactive ketones (excluding diaryl/α,β-unsaturated/α-hetero) is 1. The zero-order valence-corrected chi connectivity index (χ0v) is 7.93. The molecule has 1 aliphatic heterocycles.